The first-order chi connectivity index (χ1) is 5.70. The predicted octanol–water partition coefficient (Wildman–Crippen LogP) is 0.554. The fraction of sp³-hybridized carbons (Fsp3) is 0.571. The molecule has 0 heterocycles. The molecular weight excluding hydrogens is 198 g/mol. The van der Waals surface area contributed by atoms with Crippen molar-refractivity contribution in [3.05, 3.63) is 0 Å². The van der Waals surface area contributed by atoms with Crippen molar-refractivity contribution in [3.8, 4) is 0 Å². The van der Waals surface area contributed by atoms with Crippen molar-refractivity contribution in [2.75, 3.05) is 13.2 Å². The van der Waals surface area contributed by atoms with Crippen LogP contribution in [0.25, 0.3) is 0 Å². The second kappa shape index (κ2) is 8.99. The molecule has 6 heteroatoms. The number of carbonyl (C=O) groups excluding carboxylic acids is 2. The van der Waals surface area contributed by atoms with Gasteiger partial charge in [0.1, 0.15) is 13.0 Å². The molecule has 0 saturated heterocycles. The summed E-state index contributed by atoms with van der Waals surface area (Å²) >= 11 is 0. The molecule has 0 amide bonds. The maximum Gasteiger partial charge on any atom is 0.317 e. The number of halogens is 1. The summed E-state index contributed by atoms with van der Waals surface area (Å²) in [7, 11) is 0. The van der Waals surface area contributed by atoms with Gasteiger partial charge < -0.3 is 14.9 Å². The molecule has 13 heavy (non-hydrogen) atoms. The van der Waals surface area contributed by atoms with E-state index in [9.17, 15) is 9.59 Å². The van der Waals surface area contributed by atoms with Gasteiger partial charge in [-0.2, -0.15) is 0 Å². The molecule has 0 aromatic carbocycles. The van der Waals surface area contributed by atoms with Crippen LogP contribution in [-0.4, -0.2) is 31.4 Å². The lowest BCUT2D eigenvalue weighted by Crippen LogP contribution is -2.14. The third kappa shape index (κ3) is 8.81. The van der Waals surface area contributed by atoms with Crippen molar-refractivity contribution in [1.82, 2.24) is 0 Å². The summed E-state index contributed by atoms with van der Waals surface area (Å²) in [5.41, 5.74) is 0. The molecule has 0 rings (SSSR count). The molecule has 0 aliphatic heterocycles. The monoisotopic (exact) mass is 209 g/mol. The summed E-state index contributed by atoms with van der Waals surface area (Å²) in [6.45, 7) is 1.80. The van der Waals surface area contributed by atoms with Gasteiger partial charge in [0, 0.05) is 6.21 Å². The van der Waals surface area contributed by atoms with Gasteiger partial charge in [0.05, 0.1) is 6.61 Å². The van der Waals surface area contributed by atoms with Crippen LogP contribution in [0, 0.1) is 5.41 Å². The van der Waals surface area contributed by atoms with Crippen LogP contribution in [0.3, 0.4) is 0 Å². The first-order valence-electron chi connectivity index (χ1n) is 3.50. The van der Waals surface area contributed by atoms with Crippen LogP contribution in [0.15, 0.2) is 0 Å². The zero-order chi connectivity index (χ0) is 9.40. The van der Waals surface area contributed by atoms with Gasteiger partial charge in [0.15, 0.2) is 0 Å². The Bertz CT molecular complexity index is 183. The predicted molar refractivity (Wildman–Crippen MR) is 48.2 cm³/mol. The summed E-state index contributed by atoms with van der Waals surface area (Å²) in [6, 6.07) is 0. The largest absolute Gasteiger partial charge is 0.466 e. The Hall–Kier alpha value is -1.10. The first-order valence-corrected chi connectivity index (χ1v) is 3.50. The summed E-state index contributed by atoms with van der Waals surface area (Å²) in [5, 5.41) is 6.54. The molecule has 0 radical (unpaired) electrons. The fourth-order valence-electron chi connectivity index (χ4n) is 0.516. The van der Waals surface area contributed by atoms with E-state index in [2.05, 4.69) is 9.47 Å². The van der Waals surface area contributed by atoms with E-state index in [0.717, 1.165) is 6.21 Å². The number of nitrogens with one attached hydrogen (secondary N) is 1. The molecule has 0 aromatic rings. The SMILES string of the molecule is CCOC(=O)CC(=O)OCC=N.Cl. The number of hydrogen-bond acceptors (Lipinski definition) is 5. The zero-order valence-corrected chi connectivity index (χ0v) is 8.06. The second-order valence-electron chi connectivity index (χ2n) is 1.87. The summed E-state index contributed by atoms with van der Waals surface area (Å²) in [5.74, 6) is -1.27. The Morgan fingerprint density at radius 2 is 1.85 bits per heavy atom. The maximum atomic E-state index is 10.7. The molecule has 0 atom stereocenters. The molecule has 0 bridgehead atoms. The molecule has 0 saturated carbocycles. The second-order valence-corrected chi connectivity index (χ2v) is 1.87. The Morgan fingerprint density at radius 1 is 1.31 bits per heavy atom. The van der Waals surface area contributed by atoms with Crippen LogP contribution in [0.4, 0.5) is 0 Å². The topological polar surface area (TPSA) is 76.5 Å². The van der Waals surface area contributed by atoms with Gasteiger partial charge in [-0.25, -0.2) is 0 Å². The standard InChI is InChI=1S/C7H11NO4.ClH/c1-2-11-6(9)5-7(10)12-4-3-8;/h3,8H,2,4-5H2,1H3;1H. The summed E-state index contributed by atoms with van der Waals surface area (Å²) in [6.07, 6.45) is 0.546. The lowest BCUT2D eigenvalue weighted by atomic mass is 10.4. The van der Waals surface area contributed by atoms with Gasteiger partial charge in [-0.15, -0.1) is 12.4 Å². The van der Waals surface area contributed by atoms with E-state index in [0.29, 0.717) is 0 Å². The van der Waals surface area contributed by atoms with Gasteiger partial charge in [-0.05, 0) is 6.92 Å². The van der Waals surface area contributed by atoms with E-state index in [1.165, 1.54) is 0 Å². The minimum atomic E-state index is -0.669. The zero-order valence-electron chi connectivity index (χ0n) is 7.24. The maximum absolute atomic E-state index is 10.7. The van der Waals surface area contributed by atoms with Gasteiger partial charge in [-0.3, -0.25) is 9.59 Å². The van der Waals surface area contributed by atoms with Crippen molar-refractivity contribution >= 4 is 30.6 Å². The summed E-state index contributed by atoms with van der Waals surface area (Å²) < 4.78 is 8.92. The van der Waals surface area contributed by atoms with Crippen molar-refractivity contribution < 1.29 is 19.1 Å². The van der Waals surface area contributed by atoms with E-state index in [4.69, 9.17) is 5.41 Å². The van der Waals surface area contributed by atoms with Crippen LogP contribution in [0.1, 0.15) is 13.3 Å². The number of esters is 2. The smallest absolute Gasteiger partial charge is 0.317 e. The molecule has 0 spiro atoms. The first kappa shape index (κ1) is 14.4. The minimum absolute atomic E-state index is 0. The summed E-state index contributed by atoms with van der Waals surface area (Å²) in [4.78, 5) is 21.3. The van der Waals surface area contributed by atoms with Crippen LogP contribution in [0.2, 0.25) is 0 Å². The van der Waals surface area contributed by atoms with E-state index in [-0.39, 0.29) is 32.0 Å². The van der Waals surface area contributed by atoms with Crippen molar-refractivity contribution in [2.45, 2.75) is 13.3 Å². The Kier molecular flexibility index (Phi) is 9.98. The highest BCUT2D eigenvalue weighted by atomic mass is 35.5. The molecule has 0 unspecified atom stereocenters. The quantitative estimate of drug-likeness (QED) is 0.408. The van der Waals surface area contributed by atoms with Crippen LogP contribution in [0.5, 0.6) is 0 Å². The normalized spacial score (nSPS) is 8.08. The average molecular weight is 210 g/mol. The van der Waals surface area contributed by atoms with E-state index >= 15 is 0 Å². The van der Waals surface area contributed by atoms with Crippen LogP contribution >= 0.6 is 12.4 Å². The molecular formula is C7H12ClNO4. The molecule has 0 fully saturated rings. The number of carbonyl (C=O) groups is 2. The van der Waals surface area contributed by atoms with E-state index < -0.39 is 11.9 Å². The molecule has 5 nitrogen and oxygen atoms in total. The number of hydrogen-bond donors (Lipinski definition) is 1. The highest BCUT2D eigenvalue weighted by molar-refractivity contribution is 5.91. The number of ether oxygens (including phenoxy) is 2. The average Bonchev–Trinajstić information content (AvgIpc) is 2.01. The molecule has 0 aliphatic carbocycles. The molecule has 0 aromatic heterocycles. The fourth-order valence-corrected chi connectivity index (χ4v) is 0.516. The Balaban J connectivity index is 0. The molecule has 0 aliphatic rings. The van der Waals surface area contributed by atoms with Crippen LogP contribution < -0.4 is 0 Å². The van der Waals surface area contributed by atoms with Gasteiger partial charge >= 0.3 is 11.9 Å². The third-order valence-corrected chi connectivity index (χ3v) is 0.922. The van der Waals surface area contributed by atoms with Crippen molar-refractivity contribution in [3.63, 3.8) is 0 Å². The number of rotatable bonds is 5. The lowest BCUT2D eigenvalue weighted by molar-refractivity contribution is -0.153. The molecule has 1 N–H and O–H groups in total. The van der Waals surface area contributed by atoms with Gasteiger partial charge in [-0.1, -0.05) is 0 Å². The van der Waals surface area contributed by atoms with E-state index in [1.54, 1.807) is 6.92 Å². The highest BCUT2D eigenvalue weighted by Gasteiger charge is 2.10. The molecule has 76 valence electrons. The van der Waals surface area contributed by atoms with E-state index in [1.807, 2.05) is 0 Å². The third-order valence-electron chi connectivity index (χ3n) is 0.922. The lowest BCUT2D eigenvalue weighted by Gasteiger charge is -2.00. The van der Waals surface area contributed by atoms with Crippen molar-refractivity contribution in [2.24, 2.45) is 0 Å². The highest BCUT2D eigenvalue weighted by Crippen LogP contribution is 1.89. The van der Waals surface area contributed by atoms with Crippen molar-refractivity contribution in [1.29, 1.82) is 5.41 Å². The Labute approximate surface area is 82.3 Å². The van der Waals surface area contributed by atoms with Gasteiger partial charge in [0.2, 0.25) is 0 Å². The van der Waals surface area contributed by atoms with Gasteiger partial charge in [0.25, 0.3) is 0 Å². The minimum Gasteiger partial charge on any atom is -0.466 e. The van der Waals surface area contributed by atoms with Crippen LogP contribution in [-0.2, 0) is 19.1 Å². The Morgan fingerprint density at radius 3 is 2.31 bits per heavy atom.